The first-order valence-electron chi connectivity index (χ1n) is 8.10. The molecule has 132 valence electrons. The molecular formula is C20H23NO3S. The van der Waals surface area contributed by atoms with Crippen molar-refractivity contribution in [2.24, 2.45) is 0 Å². The van der Waals surface area contributed by atoms with Crippen molar-refractivity contribution in [3.8, 4) is 0 Å². The predicted octanol–water partition coefficient (Wildman–Crippen LogP) is 3.90. The zero-order valence-electron chi connectivity index (χ0n) is 14.7. The van der Waals surface area contributed by atoms with E-state index in [2.05, 4.69) is 5.32 Å². The van der Waals surface area contributed by atoms with Crippen LogP contribution in [0.15, 0.2) is 47.4 Å². The Morgan fingerprint density at radius 1 is 1.12 bits per heavy atom. The average Bonchev–Trinajstić information content (AvgIpc) is 2.57. The Bertz CT molecular complexity index is 756. The third-order valence-corrected chi connectivity index (χ3v) is 4.83. The van der Waals surface area contributed by atoms with Crippen molar-refractivity contribution in [1.29, 1.82) is 0 Å². The number of aliphatic carboxylic acids is 1. The van der Waals surface area contributed by atoms with Crippen LogP contribution in [0.2, 0.25) is 0 Å². The van der Waals surface area contributed by atoms with E-state index < -0.39 is 12.0 Å². The maximum Gasteiger partial charge on any atom is 0.305 e. The number of hydrogen-bond donors (Lipinski definition) is 2. The number of nitrogens with one attached hydrogen (secondary N) is 1. The zero-order valence-corrected chi connectivity index (χ0v) is 15.5. The van der Waals surface area contributed by atoms with E-state index in [9.17, 15) is 14.7 Å². The van der Waals surface area contributed by atoms with Crippen LogP contribution in [-0.4, -0.2) is 23.2 Å². The predicted molar refractivity (Wildman–Crippen MR) is 101 cm³/mol. The highest BCUT2D eigenvalue weighted by molar-refractivity contribution is 7.98. The van der Waals surface area contributed by atoms with Gasteiger partial charge in [0, 0.05) is 4.90 Å². The number of amides is 1. The Morgan fingerprint density at radius 2 is 1.80 bits per heavy atom. The molecule has 25 heavy (non-hydrogen) atoms. The van der Waals surface area contributed by atoms with Gasteiger partial charge in [0.2, 0.25) is 5.91 Å². The lowest BCUT2D eigenvalue weighted by molar-refractivity contribution is -0.137. The standard InChI is InChI=1S/C20H23NO3S/c1-13-4-5-14(2)16(10-13)11-19(22)21-18(12-20(23)24)15-6-8-17(25-3)9-7-15/h4-10,18H,11-12H2,1-3H3,(H,21,22)(H,23,24). The van der Waals surface area contributed by atoms with Gasteiger partial charge >= 0.3 is 5.97 Å². The average molecular weight is 357 g/mol. The summed E-state index contributed by atoms with van der Waals surface area (Å²) in [6, 6.07) is 13.1. The monoisotopic (exact) mass is 357 g/mol. The van der Waals surface area contributed by atoms with Crippen LogP contribution in [0.4, 0.5) is 0 Å². The van der Waals surface area contributed by atoms with E-state index in [1.165, 1.54) is 0 Å². The number of aryl methyl sites for hydroxylation is 2. The first kappa shape index (κ1) is 19.1. The number of carboxylic acids is 1. The van der Waals surface area contributed by atoms with Crippen LogP contribution in [0.3, 0.4) is 0 Å². The lowest BCUT2D eigenvalue weighted by Crippen LogP contribution is -2.31. The van der Waals surface area contributed by atoms with Gasteiger partial charge in [-0.2, -0.15) is 0 Å². The molecule has 0 bridgehead atoms. The molecule has 0 aliphatic rings. The molecule has 5 heteroatoms. The van der Waals surface area contributed by atoms with Gasteiger partial charge in [-0.3, -0.25) is 9.59 Å². The minimum atomic E-state index is -0.939. The molecule has 0 aliphatic carbocycles. The fourth-order valence-corrected chi connectivity index (χ4v) is 3.08. The molecular weight excluding hydrogens is 334 g/mol. The summed E-state index contributed by atoms with van der Waals surface area (Å²) in [5, 5.41) is 12.0. The molecule has 1 atom stereocenters. The number of carbonyl (C=O) groups is 2. The number of thioether (sulfide) groups is 1. The fraction of sp³-hybridized carbons (Fsp3) is 0.300. The Morgan fingerprint density at radius 3 is 2.40 bits per heavy atom. The third-order valence-electron chi connectivity index (χ3n) is 4.09. The van der Waals surface area contributed by atoms with Gasteiger partial charge in [-0.1, -0.05) is 35.9 Å². The van der Waals surface area contributed by atoms with Crippen molar-refractivity contribution in [2.75, 3.05) is 6.26 Å². The Labute approximate surface area is 152 Å². The topological polar surface area (TPSA) is 66.4 Å². The second kappa shape index (κ2) is 8.72. The summed E-state index contributed by atoms with van der Waals surface area (Å²) in [6.45, 7) is 3.96. The molecule has 0 spiro atoms. The van der Waals surface area contributed by atoms with Crippen LogP contribution >= 0.6 is 11.8 Å². The summed E-state index contributed by atoms with van der Waals surface area (Å²) in [7, 11) is 0. The maximum atomic E-state index is 12.5. The molecule has 0 saturated carbocycles. The van der Waals surface area contributed by atoms with Crippen LogP contribution in [0, 0.1) is 13.8 Å². The fourth-order valence-electron chi connectivity index (χ4n) is 2.67. The molecule has 0 aliphatic heterocycles. The normalized spacial score (nSPS) is 11.8. The Kier molecular flexibility index (Phi) is 6.65. The van der Waals surface area contributed by atoms with E-state index in [0.717, 1.165) is 27.1 Å². The molecule has 2 rings (SSSR count). The summed E-state index contributed by atoms with van der Waals surface area (Å²) in [5.74, 6) is -1.11. The highest BCUT2D eigenvalue weighted by Gasteiger charge is 2.18. The Hall–Kier alpha value is -2.27. The number of carbonyl (C=O) groups excluding carboxylic acids is 1. The lowest BCUT2D eigenvalue weighted by atomic mass is 10.0. The van der Waals surface area contributed by atoms with Crippen molar-refractivity contribution in [3.05, 3.63) is 64.7 Å². The van der Waals surface area contributed by atoms with E-state index in [1.807, 2.05) is 62.6 Å². The highest BCUT2D eigenvalue weighted by Crippen LogP contribution is 2.22. The molecule has 2 aromatic carbocycles. The summed E-state index contributed by atoms with van der Waals surface area (Å²) >= 11 is 1.62. The molecule has 0 heterocycles. The lowest BCUT2D eigenvalue weighted by Gasteiger charge is -2.18. The summed E-state index contributed by atoms with van der Waals surface area (Å²) in [6.07, 6.45) is 2.08. The van der Waals surface area contributed by atoms with Gasteiger partial charge in [-0.15, -0.1) is 11.8 Å². The first-order chi connectivity index (χ1) is 11.9. The van der Waals surface area contributed by atoms with Crippen molar-refractivity contribution in [1.82, 2.24) is 5.32 Å². The van der Waals surface area contributed by atoms with E-state index in [0.29, 0.717) is 0 Å². The Balaban J connectivity index is 2.13. The zero-order chi connectivity index (χ0) is 18.4. The molecule has 1 amide bonds. The number of carboxylic acid groups (broad SMARTS) is 1. The molecule has 0 radical (unpaired) electrons. The van der Waals surface area contributed by atoms with Crippen LogP contribution < -0.4 is 5.32 Å². The minimum absolute atomic E-state index is 0.142. The maximum absolute atomic E-state index is 12.5. The number of hydrogen-bond acceptors (Lipinski definition) is 3. The van der Waals surface area contributed by atoms with Crippen molar-refractivity contribution < 1.29 is 14.7 Å². The number of benzene rings is 2. The SMILES string of the molecule is CSc1ccc(C(CC(=O)O)NC(=O)Cc2cc(C)ccc2C)cc1. The molecule has 0 aromatic heterocycles. The number of rotatable bonds is 7. The summed E-state index contributed by atoms with van der Waals surface area (Å²) < 4.78 is 0. The largest absolute Gasteiger partial charge is 0.481 e. The third kappa shape index (κ3) is 5.64. The second-order valence-corrected chi connectivity index (χ2v) is 6.98. The highest BCUT2D eigenvalue weighted by atomic mass is 32.2. The van der Waals surface area contributed by atoms with Crippen LogP contribution in [-0.2, 0) is 16.0 Å². The van der Waals surface area contributed by atoms with Gasteiger partial charge in [-0.05, 0) is 48.9 Å². The van der Waals surface area contributed by atoms with Crippen molar-refractivity contribution >= 4 is 23.6 Å². The summed E-state index contributed by atoms with van der Waals surface area (Å²) in [5.41, 5.74) is 3.92. The molecule has 2 aromatic rings. The van der Waals surface area contributed by atoms with Crippen molar-refractivity contribution in [2.45, 2.75) is 37.6 Å². The van der Waals surface area contributed by atoms with E-state index in [-0.39, 0.29) is 18.7 Å². The van der Waals surface area contributed by atoms with Gasteiger partial charge in [0.05, 0.1) is 18.9 Å². The van der Waals surface area contributed by atoms with Gasteiger partial charge < -0.3 is 10.4 Å². The summed E-state index contributed by atoms with van der Waals surface area (Å²) in [4.78, 5) is 24.7. The molecule has 1 unspecified atom stereocenters. The molecule has 2 N–H and O–H groups in total. The van der Waals surface area contributed by atoms with Gasteiger partial charge in [0.25, 0.3) is 0 Å². The quantitative estimate of drug-likeness (QED) is 0.738. The smallest absolute Gasteiger partial charge is 0.305 e. The van der Waals surface area contributed by atoms with Crippen molar-refractivity contribution in [3.63, 3.8) is 0 Å². The van der Waals surface area contributed by atoms with Crippen LogP contribution in [0.5, 0.6) is 0 Å². The van der Waals surface area contributed by atoms with E-state index in [1.54, 1.807) is 11.8 Å². The van der Waals surface area contributed by atoms with Gasteiger partial charge in [0.15, 0.2) is 0 Å². The van der Waals surface area contributed by atoms with E-state index in [4.69, 9.17) is 0 Å². The molecule has 0 saturated heterocycles. The molecule has 0 fully saturated rings. The molecule has 4 nitrogen and oxygen atoms in total. The van der Waals surface area contributed by atoms with Crippen LogP contribution in [0.25, 0.3) is 0 Å². The first-order valence-corrected chi connectivity index (χ1v) is 9.32. The van der Waals surface area contributed by atoms with Crippen LogP contribution in [0.1, 0.15) is 34.7 Å². The second-order valence-electron chi connectivity index (χ2n) is 6.10. The minimum Gasteiger partial charge on any atom is -0.481 e. The van der Waals surface area contributed by atoms with Gasteiger partial charge in [0.1, 0.15) is 0 Å². The van der Waals surface area contributed by atoms with E-state index >= 15 is 0 Å². The van der Waals surface area contributed by atoms with Gasteiger partial charge in [-0.25, -0.2) is 0 Å².